The maximum atomic E-state index is 14.2. The largest absolute Gasteiger partial charge is 0.497 e. The van der Waals surface area contributed by atoms with Gasteiger partial charge in [-0.3, -0.25) is 14.7 Å². The monoisotopic (exact) mass is 610 g/mol. The number of pyridine rings is 1. The number of ether oxygens (including phenoxy) is 2. The molecule has 10 nitrogen and oxygen atoms in total. The Labute approximate surface area is 250 Å². The summed E-state index contributed by atoms with van der Waals surface area (Å²) in [6.07, 6.45) is 3.42. The third-order valence-electron chi connectivity index (χ3n) is 8.76. The summed E-state index contributed by atoms with van der Waals surface area (Å²) in [7, 11) is -2.61. The minimum absolute atomic E-state index is 0.00662. The quantitative estimate of drug-likeness (QED) is 0.463. The number of sulfonamides is 1. The van der Waals surface area contributed by atoms with Gasteiger partial charge in [-0.15, -0.1) is 0 Å². The highest BCUT2D eigenvalue weighted by Gasteiger charge is 2.47. The number of likely N-dealkylation sites (tertiary alicyclic amines) is 1. The minimum Gasteiger partial charge on any atom is -0.497 e. The van der Waals surface area contributed by atoms with E-state index in [0.29, 0.717) is 50.2 Å². The van der Waals surface area contributed by atoms with Gasteiger partial charge in [0.1, 0.15) is 28.3 Å². The first kappa shape index (κ1) is 29.5. The van der Waals surface area contributed by atoms with E-state index >= 15 is 0 Å². The smallest absolute Gasteiger partial charge is 0.247 e. The van der Waals surface area contributed by atoms with Crippen LogP contribution in [-0.4, -0.2) is 84.7 Å². The van der Waals surface area contributed by atoms with Crippen molar-refractivity contribution in [1.82, 2.24) is 19.5 Å². The Hall–Kier alpha value is -3.58. The molecule has 1 amide bonds. The zero-order valence-electron chi connectivity index (χ0n) is 23.9. The van der Waals surface area contributed by atoms with E-state index < -0.39 is 33.6 Å². The fraction of sp³-hybridized carbons (Fsp3) is 0.419. The number of carbonyl (C=O) groups is 1. The lowest BCUT2D eigenvalue weighted by Crippen LogP contribution is -2.59. The lowest BCUT2D eigenvalue weighted by molar-refractivity contribution is -0.127. The summed E-state index contributed by atoms with van der Waals surface area (Å²) in [6.45, 7) is 1.63. The van der Waals surface area contributed by atoms with Crippen molar-refractivity contribution in [3.8, 4) is 22.6 Å². The number of hydrogen-bond donors (Lipinski definition) is 2. The maximum absolute atomic E-state index is 14.2. The van der Waals surface area contributed by atoms with Crippen LogP contribution in [0, 0.1) is 5.82 Å². The van der Waals surface area contributed by atoms with Gasteiger partial charge in [0, 0.05) is 56.3 Å². The van der Waals surface area contributed by atoms with E-state index in [9.17, 15) is 22.7 Å². The standard InChI is InChI=1S/C31H35FN4O6S/c1-41-25-4-2-3-21(15-25)22-5-6-29-28(16-22)42-14-10-31(34-30(38)27-17-24(37)20-36(27)43(29,39)40)8-12-35(13-9-31)19-23-7-11-33-18-26(23)32/h2-7,11,15-16,18,24,27,37H,8-10,12-14,17,19-20H2,1H3,(H,34,38)/t24-,27+/m1/s1. The molecule has 228 valence electrons. The molecule has 3 aromatic rings. The van der Waals surface area contributed by atoms with Crippen LogP contribution in [-0.2, 0) is 21.4 Å². The zero-order chi connectivity index (χ0) is 30.2. The van der Waals surface area contributed by atoms with Crippen LogP contribution in [0.1, 0.15) is 31.2 Å². The molecule has 3 aliphatic heterocycles. The lowest BCUT2D eigenvalue weighted by atomic mass is 9.84. The molecule has 2 saturated heterocycles. The molecule has 1 spiro atoms. The second-order valence-corrected chi connectivity index (χ2v) is 13.3. The van der Waals surface area contributed by atoms with Crippen LogP contribution in [0.2, 0.25) is 0 Å². The SMILES string of the molecule is COc1cccc(-c2ccc3c(c2)OCCC2(CCN(Cc4ccncc4F)CC2)NC(=O)[C@@H]2C[C@@H](O)CN2S3(=O)=O)c1. The van der Waals surface area contributed by atoms with E-state index in [-0.39, 0.29) is 36.0 Å². The first-order chi connectivity index (χ1) is 20.7. The number of rotatable bonds is 4. The van der Waals surface area contributed by atoms with Crippen LogP contribution in [0.25, 0.3) is 11.1 Å². The Morgan fingerprint density at radius 3 is 2.70 bits per heavy atom. The number of carbonyl (C=O) groups excluding carboxylic acids is 1. The van der Waals surface area contributed by atoms with Gasteiger partial charge in [0.05, 0.1) is 26.0 Å². The summed E-state index contributed by atoms with van der Waals surface area (Å²) in [5.41, 5.74) is 1.49. The molecule has 0 bridgehead atoms. The van der Waals surface area contributed by atoms with Crippen molar-refractivity contribution in [3.05, 3.63) is 72.3 Å². The van der Waals surface area contributed by atoms with E-state index in [0.717, 1.165) is 15.4 Å². The van der Waals surface area contributed by atoms with Gasteiger partial charge in [-0.25, -0.2) is 12.8 Å². The summed E-state index contributed by atoms with van der Waals surface area (Å²) < 4.78 is 54.9. The highest BCUT2D eigenvalue weighted by molar-refractivity contribution is 7.89. The molecule has 1 aromatic heterocycles. The Balaban J connectivity index is 1.31. The molecule has 0 aliphatic carbocycles. The van der Waals surface area contributed by atoms with E-state index in [1.807, 2.05) is 24.3 Å². The molecule has 0 unspecified atom stereocenters. The number of benzene rings is 2. The third kappa shape index (κ3) is 5.97. The predicted molar refractivity (Wildman–Crippen MR) is 156 cm³/mol. The van der Waals surface area contributed by atoms with Crippen LogP contribution in [0.5, 0.6) is 11.5 Å². The molecule has 2 fully saturated rings. The fourth-order valence-corrected chi connectivity index (χ4v) is 8.03. The number of methoxy groups -OCH3 is 1. The van der Waals surface area contributed by atoms with Crippen LogP contribution >= 0.6 is 0 Å². The van der Waals surface area contributed by atoms with Gasteiger partial charge in [-0.1, -0.05) is 18.2 Å². The normalized spacial score (nSPS) is 23.8. The molecule has 2 atom stereocenters. The number of piperidine rings is 1. The summed E-state index contributed by atoms with van der Waals surface area (Å²) in [5.74, 6) is 0.0780. The van der Waals surface area contributed by atoms with Crippen molar-refractivity contribution in [2.75, 3.05) is 33.4 Å². The molecular formula is C31H35FN4O6S. The van der Waals surface area contributed by atoms with E-state index in [2.05, 4.69) is 15.2 Å². The van der Waals surface area contributed by atoms with Gasteiger partial charge in [0.15, 0.2) is 0 Å². The number of nitrogens with zero attached hydrogens (tertiary/aromatic N) is 3. The van der Waals surface area contributed by atoms with Crippen molar-refractivity contribution in [2.45, 2.75) is 54.8 Å². The number of fused-ring (bicyclic) bond motifs is 2. The molecule has 4 heterocycles. The van der Waals surface area contributed by atoms with Crippen LogP contribution < -0.4 is 14.8 Å². The van der Waals surface area contributed by atoms with Gasteiger partial charge in [0.25, 0.3) is 0 Å². The highest BCUT2D eigenvalue weighted by atomic mass is 32.2. The molecule has 12 heteroatoms. The average molecular weight is 611 g/mol. The summed E-state index contributed by atoms with van der Waals surface area (Å²) >= 11 is 0. The molecule has 0 radical (unpaired) electrons. The molecule has 3 aliphatic rings. The Morgan fingerprint density at radius 1 is 1.14 bits per heavy atom. The topological polar surface area (TPSA) is 121 Å². The summed E-state index contributed by atoms with van der Waals surface area (Å²) in [5, 5.41) is 13.7. The van der Waals surface area contributed by atoms with Crippen molar-refractivity contribution in [3.63, 3.8) is 0 Å². The third-order valence-corrected chi connectivity index (χ3v) is 10.7. The van der Waals surface area contributed by atoms with Crippen LogP contribution in [0.4, 0.5) is 4.39 Å². The van der Waals surface area contributed by atoms with Gasteiger partial charge in [0.2, 0.25) is 15.9 Å². The number of halogens is 1. The number of aliphatic hydroxyl groups is 1. The Bertz CT molecular complexity index is 1610. The maximum Gasteiger partial charge on any atom is 0.247 e. The van der Waals surface area contributed by atoms with Crippen molar-refractivity contribution < 1.29 is 32.2 Å². The predicted octanol–water partition coefficient (Wildman–Crippen LogP) is 2.95. The fourth-order valence-electron chi connectivity index (χ4n) is 6.28. The average Bonchev–Trinajstić information content (AvgIpc) is 3.41. The minimum atomic E-state index is -4.19. The number of hydrogen-bond acceptors (Lipinski definition) is 8. The number of aliphatic hydroxyl groups excluding tert-OH is 1. The van der Waals surface area contributed by atoms with Crippen molar-refractivity contribution in [1.29, 1.82) is 0 Å². The molecule has 2 N–H and O–H groups in total. The van der Waals surface area contributed by atoms with E-state index in [1.54, 1.807) is 31.5 Å². The second kappa shape index (κ2) is 11.8. The van der Waals surface area contributed by atoms with E-state index in [4.69, 9.17) is 9.47 Å². The Morgan fingerprint density at radius 2 is 1.93 bits per heavy atom. The number of aromatic nitrogens is 1. The molecular weight excluding hydrogens is 575 g/mol. The van der Waals surface area contributed by atoms with Crippen LogP contribution in [0.3, 0.4) is 0 Å². The van der Waals surface area contributed by atoms with Crippen LogP contribution in [0.15, 0.2) is 65.8 Å². The molecule has 43 heavy (non-hydrogen) atoms. The van der Waals surface area contributed by atoms with Gasteiger partial charge >= 0.3 is 0 Å². The van der Waals surface area contributed by atoms with Gasteiger partial charge in [-0.2, -0.15) is 4.31 Å². The summed E-state index contributed by atoms with van der Waals surface area (Å²) in [4.78, 5) is 19.6. The first-order valence-corrected chi connectivity index (χ1v) is 15.9. The molecule has 6 rings (SSSR count). The highest BCUT2D eigenvalue weighted by Crippen LogP contribution is 2.38. The van der Waals surface area contributed by atoms with Crippen molar-refractivity contribution in [2.24, 2.45) is 0 Å². The summed E-state index contributed by atoms with van der Waals surface area (Å²) in [6, 6.07) is 13.0. The first-order valence-electron chi connectivity index (χ1n) is 14.4. The Kier molecular flexibility index (Phi) is 8.12. The lowest BCUT2D eigenvalue weighted by Gasteiger charge is -2.43. The van der Waals surface area contributed by atoms with Crippen molar-refractivity contribution >= 4 is 15.9 Å². The number of amides is 1. The van der Waals surface area contributed by atoms with E-state index in [1.165, 1.54) is 12.3 Å². The number of nitrogens with one attached hydrogen (secondary N) is 1. The van der Waals surface area contributed by atoms with Gasteiger partial charge in [-0.05, 0) is 54.3 Å². The van der Waals surface area contributed by atoms with Gasteiger partial charge < -0.3 is 19.9 Å². The second-order valence-electron chi connectivity index (χ2n) is 11.5. The molecule has 0 saturated carbocycles. The zero-order valence-corrected chi connectivity index (χ0v) is 24.7. The molecule has 2 aromatic carbocycles.